The fraction of sp³-hybridized carbons (Fsp3) is 0.429. The predicted molar refractivity (Wildman–Crippen MR) is 105 cm³/mol. The molecule has 5 nitrogen and oxygen atoms in total. The minimum atomic E-state index is -4.36. The number of benzene rings is 1. The van der Waals surface area contributed by atoms with Gasteiger partial charge in [0, 0.05) is 22.6 Å². The first kappa shape index (κ1) is 22.7. The van der Waals surface area contributed by atoms with Crippen molar-refractivity contribution in [1.29, 1.82) is 0 Å². The Morgan fingerprint density at radius 2 is 1.66 bits per heavy atom. The molecule has 8 heteroatoms. The molecule has 2 rings (SSSR count). The summed E-state index contributed by atoms with van der Waals surface area (Å²) in [6.45, 7) is 5.81. The smallest absolute Gasteiger partial charge is 0.339 e. The third kappa shape index (κ3) is 5.93. The van der Waals surface area contributed by atoms with Crippen LogP contribution < -0.4 is 10.2 Å². The molecule has 1 unspecified atom stereocenters. The maximum absolute atomic E-state index is 12.7. The molecule has 1 aromatic heterocycles. The summed E-state index contributed by atoms with van der Waals surface area (Å²) in [6.07, 6.45) is -4.36. The average molecular weight is 410 g/mol. The highest BCUT2D eigenvalue weighted by Crippen LogP contribution is 2.23. The van der Waals surface area contributed by atoms with Crippen LogP contribution in [0.3, 0.4) is 0 Å². The third-order valence-electron chi connectivity index (χ3n) is 4.88. The topological polar surface area (TPSA) is 55.5 Å². The van der Waals surface area contributed by atoms with E-state index in [1.807, 2.05) is 32.0 Å². The highest BCUT2D eigenvalue weighted by atomic mass is 19.4. The Hall–Kier alpha value is -2.61. The molecule has 0 fully saturated rings. The molecule has 0 bridgehead atoms. The maximum Gasteiger partial charge on any atom is 0.406 e. The molecule has 2 N–H and O–H groups in total. The van der Waals surface area contributed by atoms with Crippen molar-refractivity contribution in [1.82, 2.24) is 4.57 Å². The minimum absolute atomic E-state index is 0.0104. The van der Waals surface area contributed by atoms with Crippen LogP contribution in [0.5, 0.6) is 0 Å². The summed E-state index contributed by atoms with van der Waals surface area (Å²) in [7, 11) is 1.71. The van der Waals surface area contributed by atoms with Crippen LogP contribution in [0.1, 0.15) is 32.9 Å². The van der Waals surface area contributed by atoms with Crippen molar-refractivity contribution >= 4 is 17.4 Å². The van der Waals surface area contributed by atoms with E-state index in [0.29, 0.717) is 10.6 Å². The van der Waals surface area contributed by atoms with Gasteiger partial charge in [-0.3, -0.25) is 9.59 Å². The molecule has 0 radical (unpaired) electrons. The number of carbonyl (C=O) groups excluding carboxylic acids is 2. The Labute approximate surface area is 168 Å². The standard InChI is InChI=1S/C21H26F3N3O2/c1-13-7-6-8-14(2)20(13)25-19(29)11-26(5)10-18(28)17-9-15(3)27(16(17)4)12-21(22,23)24/h6-9H,10-12H2,1-5H3,(H,25,29)/p+1. The number of likely N-dealkylation sites (N-methyl/N-ethyl adjacent to an activating group) is 1. The van der Waals surface area contributed by atoms with Gasteiger partial charge in [0.05, 0.1) is 7.05 Å². The summed E-state index contributed by atoms with van der Waals surface area (Å²) in [6, 6.07) is 7.19. The molecule has 29 heavy (non-hydrogen) atoms. The Morgan fingerprint density at radius 1 is 1.07 bits per heavy atom. The number of alkyl halides is 3. The highest BCUT2D eigenvalue weighted by Gasteiger charge is 2.30. The number of quaternary nitrogens is 1. The van der Waals surface area contributed by atoms with Gasteiger partial charge in [-0.05, 0) is 44.9 Å². The number of nitrogens with one attached hydrogen (secondary N) is 2. The largest absolute Gasteiger partial charge is 0.406 e. The maximum atomic E-state index is 12.7. The lowest BCUT2D eigenvalue weighted by Gasteiger charge is -2.15. The molecule has 0 aliphatic rings. The van der Waals surface area contributed by atoms with Gasteiger partial charge in [-0.25, -0.2) is 0 Å². The predicted octanol–water partition coefficient (Wildman–Crippen LogP) is 2.62. The highest BCUT2D eigenvalue weighted by molar-refractivity contribution is 5.98. The number of aryl methyl sites for hydroxylation is 3. The summed E-state index contributed by atoms with van der Waals surface area (Å²) >= 11 is 0. The van der Waals surface area contributed by atoms with Gasteiger partial charge in [0.2, 0.25) is 5.78 Å². The second-order valence-electron chi connectivity index (χ2n) is 7.53. The SMILES string of the molecule is Cc1cccc(C)c1NC(=O)C[NH+](C)CC(=O)c1cc(C)n(CC(F)(F)F)c1C. The van der Waals surface area contributed by atoms with Crippen LogP contribution in [-0.4, -0.2) is 42.6 Å². The molecule has 1 aromatic carbocycles. The number of Topliss-reactive ketones (excluding diaryl/α,β-unsaturated/α-hetero) is 1. The van der Waals surface area contributed by atoms with E-state index in [0.717, 1.165) is 21.4 Å². The number of hydrogen-bond acceptors (Lipinski definition) is 2. The number of hydrogen-bond donors (Lipinski definition) is 2. The number of nitrogens with zero attached hydrogens (tertiary/aromatic N) is 1. The molecular weight excluding hydrogens is 383 g/mol. The fourth-order valence-electron chi connectivity index (χ4n) is 3.41. The first-order valence-corrected chi connectivity index (χ1v) is 9.33. The number of halogens is 3. The van der Waals surface area contributed by atoms with Crippen molar-refractivity contribution in [2.45, 2.75) is 40.4 Å². The van der Waals surface area contributed by atoms with Crippen molar-refractivity contribution in [3.63, 3.8) is 0 Å². The number of amides is 1. The molecule has 1 amide bonds. The van der Waals surface area contributed by atoms with Gasteiger partial charge in [-0.15, -0.1) is 0 Å². The second kappa shape index (κ2) is 8.82. The average Bonchev–Trinajstić information content (AvgIpc) is 2.85. The van der Waals surface area contributed by atoms with Crippen LogP contribution in [0, 0.1) is 27.7 Å². The van der Waals surface area contributed by atoms with Crippen LogP contribution in [0.4, 0.5) is 18.9 Å². The van der Waals surface area contributed by atoms with E-state index in [4.69, 9.17) is 0 Å². The molecule has 1 heterocycles. The summed E-state index contributed by atoms with van der Waals surface area (Å²) < 4.78 is 39.3. The second-order valence-corrected chi connectivity index (χ2v) is 7.53. The van der Waals surface area contributed by atoms with E-state index in [1.165, 1.54) is 13.0 Å². The zero-order valence-corrected chi connectivity index (χ0v) is 17.3. The third-order valence-corrected chi connectivity index (χ3v) is 4.88. The Morgan fingerprint density at radius 3 is 2.21 bits per heavy atom. The van der Waals surface area contributed by atoms with Crippen LogP contribution >= 0.6 is 0 Å². The minimum Gasteiger partial charge on any atom is -0.339 e. The number of carbonyl (C=O) groups is 2. The van der Waals surface area contributed by atoms with E-state index in [2.05, 4.69) is 5.32 Å². The zero-order valence-electron chi connectivity index (χ0n) is 17.3. The van der Waals surface area contributed by atoms with E-state index in [1.54, 1.807) is 14.0 Å². The van der Waals surface area contributed by atoms with Crippen molar-refractivity contribution in [3.8, 4) is 0 Å². The lowest BCUT2D eigenvalue weighted by Crippen LogP contribution is -3.11. The van der Waals surface area contributed by atoms with Gasteiger partial charge in [-0.1, -0.05) is 18.2 Å². The monoisotopic (exact) mass is 410 g/mol. The van der Waals surface area contributed by atoms with E-state index >= 15 is 0 Å². The summed E-state index contributed by atoms with van der Waals surface area (Å²) in [5.74, 6) is -0.515. The van der Waals surface area contributed by atoms with E-state index < -0.39 is 12.7 Å². The molecule has 0 saturated carbocycles. The lowest BCUT2D eigenvalue weighted by molar-refractivity contribution is -0.861. The van der Waals surface area contributed by atoms with Gasteiger partial charge in [-0.2, -0.15) is 13.2 Å². The first-order valence-electron chi connectivity index (χ1n) is 9.33. The van der Waals surface area contributed by atoms with Gasteiger partial charge in [0.25, 0.3) is 5.91 Å². The normalized spacial score (nSPS) is 12.7. The lowest BCUT2D eigenvalue weighted by atomic mass is 10.1. The number of para-hydroxylation sites is 1. The number of ketones is 1. The van der Waals surface area contributed by atoms with E-state index in [-0.39, 0.29) is 36.0 Å². The summed E-state index contributed by atoms with van der Waals surface area (Å²) in [5.41, 5.74) is 3.59. The summed E-state index contributed by atoms with van der Waals surface area (Å²) in [4.78, 5) is 25.6. The van der Waals surface area contributed by atoms with Crippen molar-refractivity contribution in [3.05, 3.63) is 52.3 Å². The molecule has 158 valence electrons. The van der Waals surface area contributed by atoms with Crippen molar-refractivity contribution in [2.24, 2.45) is 0 Å². The molecule has 0 aliphatic heterocycles. The quantitative estimate of drug-likeness (QED) is 0.690. The van der Waals surface area contributed by atoms with Gasteiger partial charge >= 0.3 is 6.18 Å². The molecule has 0 spiro atoms. The molecule has 0 saturated heterocycles. The zero-order chi connectivity index (χ0) is 21.9. The van der Waals surface area contributed by atoms with Crippen molar-refractivity contribution in [2.75, 3.05) is 25.5 Å². The summed E-state index contributed by atoms with van der Waals surface area (Å²) in [5, 5.41) is 2.87. The fourth-order valence-corrected chi connectivity index (χ4v) is 3.41. The molecule has 2 aromatic rings. The molecule has 1 atom stereocenters. The molecule has 0 aliphatic carbocycles. The number of aromatic nitrogens is 1. The van der Waals surface area contributed by atoms with E-state index in [9.17, 15) is 22.8 Å². The van der Waals surface area contributed by atoms with Crippen LogP contribution in [0.25, 0.3) is 0 Å². The van der Waals surface area contributed by atoms with Crippen LogP contribution in [0.15, 0.2) is 24.3 Å². The molecular formula is C21H27F3N3O2+. The van der Waals surface area contributed by atoms with Crippen molar-refractivity contribution < 1.29 is 27.7 Å². The van der Waals surface area contributed by atoms with Gasteiger partial charge in [0.1, 0.15) is 13.1 Å². The van der Waals surface area contributed by atoms with Gasteiger partial charge in [0.15, 0.2) is 6.54 Å². The Balaban J connectivity index is 2.02. The Bertz CT molecular complexity index is 896. The van der Waals surface area contributed by atoms with Crippen LogP contribution in [-0.2, 0) is 11.3 Å². The Kier molecular flexibility index (Phi) is 6.89. The first-order chi connectivity index (χ1) is 13.4. The van der Waals surface area contributed by atoms with Gasteiger partial charge < -0.3 is 14.8 Å². The number of rotatable bonds is 7. The number of anilines is 1. The van der Waals surface area contributed by atoms with Crippen LogP contribution in [0.2, 0.25) is 0 Å².